The molecule has 10 nitrogen and oxygen atoms in total. The van der Waals surface area contributed by atoms with Crippen LogP contribution in [0.1, 0.15) is 63.4 Å². The lowest BCUT2D eigenvalue weighted by Gasteiger charge is -2.32. The van der Waals surface area contributed by atoms with Crippen molar-refractivity contribution in [2.45, 2.75) is 72.2 Å². The molecule has 2 N–H and O–H groups in total. The summed E-state index contributed by atoms with van der Waals surface area (Å²) in [6, 6.07) is 23.1. The van der Waals surface area contributed by atoms with Crippen molar-refractivity contribution >= 4 is 28.7 Å². The summed E-state index contributed by atoms with van der Waals surface area (Å²) in [6.07, 6.45) is 3.60. The molecule has 0 aliphatic heterocycles. The molecule has 1 aromatic heterocycles. The van der Waals surface area contributed by atoms with E-state index in [1.807, 2.05) is 59.2 Å². The van der Waals surface area contributed by atoms with Crippen molar-refractivity contribution < 1.29 is 19.1 Å². The summed E-state index contributed by atoms with van der Waals surface area (Å²) >= 11 is 0. The number of imidazole rings is 1. The van der Waals surface area contributed by atoms with E-state index < -0.39 is 11.7 Å². The predicted octanol–water partition coefficient (Wildman–Crippen LogP) is 5.58. The summed E-state index contributed by atoms with van der Waals surface area (Å²) in [4.78, 5) is 45.6. The minimum atomic E-state index is -0.695. The van der Waals surface area contributed by atoms with Gasteiger partial charge in [-0.3, -0.25) is 9.59 Å². The minimum absolute atomic E-state index is 0.0594. The molecule has 0 bridgehead atoms. The second-order valence-corrected chi connectivity index (χ2v) is 12.8. The highest BCUT2D eigenvalue weighted by atomic mass is 16.6. The highest BCUT2D eigenvalue weighted by molar-refractivity contribution is 5.87. The molecule has 0 saturated heterocycles. The highest BCUT2D eigenvalue weighted by Gasteiger charge is 2.26. The number of nitrogens with one attached hydrogen (secondary N) is 2. The molecule has 246 valence electrons. The molecule has 0 aliphatic carbocycles. The fraction of sp³-hybridized carbons (Fsp3) is 0.378. The number of ether oxygens (including phenoxy) is 1. The number of benzene rings is 3. The first-order valence-corrected chi connectivity index (χ1v) is 15.9. The van der Waals surface area contributed by atoms with E-state index in [1.165, 1.54) is 0 Å². The van der Waals surface area contributed by atoms with Gasteiger partial charge in [0, 0.05) is 37.6 Å². The average Bonchev–Trinajstić information content (AvgIpc) is 3.47. The summed E-state index contributed by atoms with van der Waals surface area (Å²) in [5.41, 5.74) is 2.60. The molecule has 0 radical (unpaired) electrons. The third-order valence-corrected chi connectivity index (χ3v) is 8.05. The van der Waals surface area contributed by atoms with Crippen molar-refractivity contribution in [2.24, 2.45) is 5.92 Å². The molecule has 10 heteroatoms. The number of alkyl carbamates (subject to hydrolysis) is 1. The van der Waals surface area contributed by atoms with Crippen LogP contribution in [0.3, 0.4) is 0 Å². The fourth-order valence-corrected chi connectivity index (χ4v) is 5.30. The van der Waals surface area contributed by atoms with E-state index in [4.69, 9.17) is 10.00 Å². The molecule has 4 rings (SSSR count). The molecule has 3 amide bonds. The third kappa shape index (κ3) is 10.2. The zero-order chi connectivity index (χ0) is 34.0. The molecule has 0 unspecified atom stereocenters. The normalized spacial score (nSPS) is 12.5. The Morgan fingerprint density at radius 2 is 1.77 bits per heavy atom. The number of nitrogens with zero attached hydrogens (tertiary/aromatic N) is 4. The first kappa shape index (κ1) is 34.7. The maximum Gasteiger partial charge on any atom is 0.408 e. The molecule has 3 aromatic carbocycles. The maximum atomic E-state index is 13.7. The quantitative estimate of drug-likeness (QED) is 0.197. The molecular formula is C37H44N6O4. The van der Waals surface area contributed by atoms with E-state index in [1.54, 1.807) is 50.3 Å². The van der Waals surface area contributed by atoms with E-state index in [2.05, 4.69) is 35.5 Å². The summed E-state index contributed by atoms with van der Waals surface area (Å²) < 4.78 is 7.26. The number of aromatic nitrogens is 2. The molecule has 0 aliphatic rings. The van der Waals surface area contributed by atoms with E-state index in [-0.39, 0.29) is 43.3 Å². The van der Waals surface area contributed by atoms with E-state index in [9.17, 15) is 14.4 Å². The number of hydrogen-bond acceptors (Lipinski definition) is 6. The van der Waals surface area contributed by atoms with Gasteiger partial charge in [0.05, 0.1) is 24.4 Å². The lowest BCUT2D eigenvalue weighted by atomic mass is 9.97. The van der Waals surface area contributed by atoms with Gasteiger partial charge in [-0.1, -0.05) is 74.9 Å². The number of fused-ring (bicyclic) bond motifs is 1. The Labute approximate surface area is 276 Å². The Hall–Kier alpha value is -5.17. The number of hydrogen-bond donors (Lipinski definition) is 2. The second kappa shape index (κ2) is 15.9. The van der Waals surface area contributed by atoms with Crippen LogP contribution in [0.15, 0.2) is 79.3 Å². The zero-order valence-corrected chi connectivity index (χ0v) is 27.8. The smallest absolute Gasteiger partial charge is 0.408 e. The van der Waals surface area contributed by atoms with Crippen LogP contribution in [-0.4, -0.2) is 57.1 Å². The van der Waals surface area contributed by atoms with Crippen LogP contribution in [0.2, 0.25) is 0 Å². The van der Waals surface area contributed by atoms with Crippen molar-refractivity contribution in [3.63, 3.8) is 0 Å². The lowest BCUT2D eigenvalue weighted by molar-refractivity contribution is -0.132. The Balaban J connectivity index is 1.51. The minimum Gasteiger partial charge on any atom is -0.444 e. The van der Waals surface area contributed by atoms with Crippen LogP contribution in [0.5, 0.6) is 0 Å². The van der Waals surface area contributed by atoms with Gasteiger partial charge in [-0.05, 0) is 60.7 Å². The standard InChI is InChI=1S/C37H44N6O4/c1-6-26(2)33(41-34(44)18-31-20-39-25-43(31)22-28-16-14-27(19-38)15-17-28)24-42(35(45)21-40-36(46)47-37(3,4)5)23-30-12-9-11-29-10-7-8-13-32(29)30/h7-17,20,25-26,33H,6,18,21-24H2,1-5H3,(H,40,46)(H,41,44)/t26-,33+/m0/s1. The van der Waals surface area contributed by atoms with Crippen LogP contribution in [-0.2, 0) is 33.8 Å². The van der Waals surface area contributed by atoms with Gasteiger partial charge in [-0.2, -0.15) is 5.26 Å². The summed E-state index contributed by atoms with van der Waals surface area (Å²) in [6.45, 7) is 10.2. The molecule has 0 saturated carbocycles. The monoisotopic (exact) mass is 636 g/mol. The van der Waals surface area contributed by atoms with Gasteiger partial charge in [-0.15, -0.1) is 0 Å². The van der Waals surface area contributed by atoms with E-state index in [0.717, 1.165) is 34.0 Å². The fourth-order valence-electron chi connectivity index (χ4n) is 5.30. The molecule has 4 aromatic rings. The van der Waals surface area contributed by atoms with Crippen molar-refractivity contribution in [1.82, 2.24) is 25.1 Å². The Bertz CT molecular complexity index is 1710. The van der Waals surface area contributed by atoms with Gasteiger partial charge in [0.25, 0.3) is 0 Å². The van der Waals surface area contributed by atoms with Crippen LogP contribution in [0, 0.1) is 17.2 Å². The summed E-state index contributed by atoms with van der Waals surface area (Å²) in [7, 11) is 0. The summed E-state index contributed by atoms with van der Waals surface area (Å²) in [5.74, 6) is -0.405. The van der Waals surface area contributed by atoms with Crippen molar-refractivity contribution in [3.05, 3.63) is 102 Å². The molecule has 1 heterocycles. The number of carbonyl (C=O) groups is 3. The lowest BCUT2D eigenvalue weighted by Crippen LogP contribution is -2.51. The topological polar surface area (TPSA) is 129 Å². The van der Waals surface area contributed by atoms with E-state index >= 15 is 0 Å². The van der Waals surface area contributed by atoms with Crippen molar-refractivity contribution in [3.8, 4) is 6.07 Å². The van der Waals surface area contributed by atoms with E-state index in [0.29, 0.717) is 18.7 Å². The Morgan fingerprint density at radius 1 is 1.04 bits per heavy atom. The Kier molecular flexibility index (Phi) is 11.7. The average molecular weight is 637 g/mol. The van der Waals surface area contributed by atoms with Gasteiger partial charge >= 0.3 is 6.09 Å². The number of amides is 3. The van der Waals surface area contributed by atoms with Crippen LogP contribution in [0.4, 0.5) is 4.79 Å². The number of rotatable bonds is 13. The largest absolute Gasteiger partial charge is 0.444 e. The van der Waals surface area contributed by atoms with Crippen LogP contribution in [0.25, 0.3) is 10.8 Å². The highest BCUT2D eigenvalue weighted by Crippen LogP contribution is 2.21. The van der Waals surface area contributed by atoms with Crippen molar-refractivity contribution in [1.29, 1.82) is 5.26 Å². The number of nitriles is 1. The Morgan fingerprint density at radius 3 is 2.47 bits per heavy atom. The first-order chi connectivity index (χ1) is 22.5. The van der Waals surface area contributed by atoms with Crippen LogP contribution < -0.4 is 10.6 Å². The second-order valence-electron chi connectivity index (χ2n) is 12.8. The zero-order valence-electron chi connectivity index (χ0n) is 27.8. The molecule has 2 atom stereocenters. The molecule has 0 fully saturated rings. The molecular weight excluding hydrogens is 592 g/mol. The SMILES string of the molecule is CC[C@H](C)[C@@H](CN(Cc1cccc2ccccc12)C(=O)CNC(=O)OC(C)(C)C)NC(=O)Cc1cncn1Cc1ccc(C#N)cc1. The van der Waals surface area contributed by atoms with Gasteiger partial charge in [0.15, 0.2) is 0 Å². The maximum absolute atomic E-state index is 13.7. The van der Waals surface area contributed by atoms with Gasteiger partial charge in [0.2, 0.25) is 11.8 Å². The number of carbonyl (C=O) groups excluding carboxylic acids is 3. The van der Waals surface area contributed by atoms with Gasteiger partial charge < -0.3 is 24.8 Å². The van der Waals surface area contributed by atoms with Gasteiger partial charge in [0.1, 0.15) is 12.1 Å². The van der Waals surface area contributed by atoms with Crippen molar-refractivity contribution in [2.75, 3.05) is 13.1 Å². The first-order valence-electron chi connectivity index (χ1n) is 15.9. The molecule has 47 heavy (non-hydrogen) atoms. The predicted molar refractivity (Wildman–Crippen MR) is 181 cm³/mol. The van der Waals surface area contributed by atoms with Crippen LogP contribution >= 0.6 is 0 Å². The molecule has 0 spiro atoms. The summed E-state index contributed by atoms with van der Waals surface area (Å²) in [5, 5.41) is 17.0. The third-order valence-electron chi connectivity index (χ3n) is 8.05. The van der Waals surface area contributed by atoms with Gasteiger partial charge in [-0.25, -0.2) is 9.78 Å².